The van der Waals surface area contributed by atoms with Crippen LogP contribution in [0.3, 0.4) is 0 Å². The second-order valence-electron chi connectivity index (χ2n) is 7.92. The van der Waals surface area contributed by atoms with Crippen LogP contribution in [0.1, 0.15) is 26.5 Å². The number of thiophene rings is 1. The molecule has 0 fully saturated rings. The monoisotopic (exact) mass is 436 g/mol. The summed E-state index contributed by atoms with van der Waals surface area (Å²) in [5, 5.41) is 5.59. The fraction of sp³-hybridized carbons (Fsp3) is 0.250. The third-order valence-electron chi connectivity index (χ3n) is 5.28. The van der Waals surface area contributed by atoms with Crippen LogP contribution >= 0.6 is 11.3 Å². The van der Waals surface area contributed by atoms with Crippen molar-refractivity contribution in [3.8, 4) is 0 Å². The second-order valence-corrected chi connectivity index (χ2v) is 8.95. The van der Waals surface area contributed by atoms with Crippen molar-refractivity contribution in [3.63, 3.8) is 0 Å². The molecule has 2 aromatic carbocycles. The maximum absolute atomic E-state index is 13.2. The number of hydrogen-bond donors (Lipinski definition) is 0. The molecule has 160 valence electrons. The van der Waals surface area contributed by atoms with Crippen molar-refractivity contribution in [1.82, 2.24) is 14.7 Å². The van der Waals surface area contributed by atoms with Gasteiger partial charge in [-0.05, 0) is 48.4 Å². The molecule has 7 heteroatoms. The highest BCUT2D eigenvalue weighted by atomic mass is 32.1. The van der Waals surface area contributed by atoms with Crippen LogP contribution in [0, 0.1) is 12.7 Å². The third kappa shape index (κ3) is 4.46. The Kier molecular flexibility index (Phi) is 5.78. The Balaban J connectivity index is 1.53. The zero-order valence-electron chi connectivity index (χ0n) is 18.1. The smallest absolute Gasteiger partial charge is 0.264 e. The summed E-state index contributed by atoms with van der Waals surface area (Å²) < 4.78 is 15.1. The number of hydrogen-bond acceptors (Lipinski definition) is 4. The predicted octanol–water partition coefficient (Wildman–Crippen LogP) is 4.93. The molecule has 2 heterocycles. The average Bonchev–Trinajstić information content (AvgIpc) is 3.31. The van der Waals surface area contributed by atoms with E-state index < -0.39 is 0 Å². The summed E-state index contributed by atoms with van der Waals surface area (Å²) in [5.41, 5.74) is 4.06. The highest BCUT2D eigenvalue weighted by Crippen LogP contribution is 2.30. The van der Waals surface area contributed by atoms with Crippen LogP contribution in [0.5, 0.6) is 0 Å². The molecule has 0 spiro atoms. The van der Waals surface area contributed by atoms with Gasteiger partial charge in [0.25, 0.3) is 5.91 Å². The molecular formula is C24H25FN4OS. The van der Waals surface area contributed by atoms with Crippen LogP contribution < -0.4 is 4.90 Å². The molecular weight excluding hydrogens is 411 g/mol. The van der Waals surface area contributed by atoms with Crippen molar-refractivity contribution in [1.29, 1.82) is 0 Å². The first-order chi connectivity index (χ1) is 14.8. The molecule has 0 radical (unpaired) electrons. The predicted molar refractivity (Wildman–Crippen MR) is 124 cm³/mol. The van der Waals surface area contributed by atoms with Gasteiger partial charge in [0.1, 0.15) is 10.6 Å². The molecule has 0 bridgehead atoms. The molecule has 1 amide bonds. The molecule has 0 atom stereocenters. The number of fused-ring (bicyclic) bond motifs is 1. The maximum Gasteiger partial charge on any atom is 0.264 e. The number of carbonyl (C=O) groups excluding carboxylic acids is 1. The topological polar surface area (TPSA) is 41.4 Å². The van der Waals surface area contributed by atoms with Crippen LogP contribution in [0.15, 0.2) is 54.6 Å². The van der Waals surface area contributed by atoms with Crippen molar-refractivity contribution in [2.45, 2.75) is 20.0 Å². The van der Waals surface area contributed by atoms with E-state index in [0.717, 1.165) is 32.7 Å². The van der Waals surface area contributed by atoms with Gasteiger partial charge in [-0.25, -0.2) is 4.39 Å². The normalized spacial score (nSPS) is 11.1. The van der Waals surface area contributed by atoms with E-state index >= 15 is 0 Å². The molecule has 4 aromatic rings. The average molecular weight is 437 g/mol. The SMILES string of the molecule is Cc1nn(Cc2ccc(F)cc2)c2sc(C(=O)N(C)Cc3ccc(N(C)C)cc3)cc12. The first kappa shape index (κ1) is 21.1. The van der Waals surface area contributed by atoms with E-state index in [-0.39, 0.29) is 11.7 Å². The second kappa shape index (κ2) is 8.51. The van der Waals surface area contributed by atoms with Gasteiger partial charge in [0.2, 0.25) is 0 Å². The van der Waals surface area contributed by atoms with Crippen molar-refractivity contribution in [2.75, 3.05) is 26.0 Å². The van der Waals surface area contributed by atoms with E-state index in [0.29, 0.717) is 18.0 Å². The zero-order valence-corrected chi connectivity index (χ0v) is 18.9. The fourth-order valence-electron chi connectivity index (χ4n) is 3.52. The molecule has 0 unspecified atom stereocenters. The van der Waals surface area contributed by atoms with Gasteiger partial charge >= 0.3 is 0 Å². The molecule has 0 saturated heterocycles. The lowest BCUT2D eigenvalue weighted by atomic mass is 10.2. The summed E-state index contributed by atoms with van der Waals surface area (Å²) in [4.78, 5) is 18.5. The van der Waals surface area contributed by atoms with Crippen LogP contribution in [-0.2, 0) is 13.1 Å². The quantitative estimate of drug-likeness (QED) is 0.430. The highest BCUT2D eigenvalue weighted by Gasteiger charge is 2.19. The fourth-order valence-corrected chi connectivity index (χ4v) is 4.68. The first-order valence-corrected chi connectivity index (χ1v) is 10.9. The van der Waals surface area contributed by atoms with Gasteiger partial charge in [0, 0.05) is 38.8 Å². The Morgan fingerprint density at radius 3 is 2.32 bits per heavy atom. The van der Waals surface area contributed by atoms with E-state index in [9.17, 15) is 9.18 Å². The number of carbonyl (C=O) groups is 1. The number of benzene rings is 2. The number of halogens is 1. The summed E-state index contributed by atoms with van der Waals surface area (Å²) in [7, 11) is 5.83. The maximum atomic E-state index is 13.2. The minimum atomic E-state index is -0.256. The zero-order chi connectivity index (χ0) is 22.1. The van der Waals surface area contributed by atoms with Crippen molar-refractivity contribution in [2.24, 2.45) is 0 Å². The number of amides is 1. The Labute approximate surface area is 185 Å². The van der Waals surface area contributed by atoms with Crippen LogP contribution in [0.2, 0.25) is 0 Å². The Morgan fingerprint density at radius 2 is 1.68 bits per heavy atom. The van der Waals surface area contributed by atoms with E-state index in [2.05, 4.69) is 29.4 Å². The molecule has 31 heavy (non-hydrogen) atoms. The highest BCUT2D eigenvalue weighted by molar-refractivity contribution is 7.20. The van der Waals surface area contributed by atoms with Crippen LogP contribution in [0.25, 0.3) is 10.2 Å². The number of nitrogens with zero attached hydrogens (tertiary/aromatic N) is 4. The van der Waals surface area contributed by atoms with Crippen molar-refractivity contribution < 1.29 is 9.18 Å². The summed E-state index contributed by atoms with van der Waals surface area (Å²) in [6, 6.07) is 16.6. The van der Waals surface area contributed by atoms with Gasteiger partial charge < -0.3 is 9.80 Å². The Morgan fingerprint density at radius 1 is 1.03 bits per heavy atom. The van der Waals surface area contributed by atoms with Gasteiger partial charge in [-0.2, -0.15) is 5.10 Å². The standard InChI is InChI=1S/C24H25FN4OS/c1-16-21-13-22(23(30)28(4)14-17-7-11-20(12-8-17)27(2)3)31-24(21)29(26-16)15-18-5-9-19(25)10-6-18/h5-13H,14-15H2,1-4H3. The minimum absolute atomic E-state index is 0.00869. The molecule has 0 N–H and O–H groups in total. The summed E-state index contributed by atoms with van der Waals surface area (Å²) >= 11 is 1.45. The largest absolute Gasteiger partial charge is 0.378 e. The lowest BCUT2D eigenvalue weighted by molar-refractivity contribution is 0.0790. The van der Waals surface area contributed by atoms with Gasteiger partial charge in [-0.15, -0.1) is 11.3 Å². The summed E-state index contributed by atoms with van der Waals surface area (Å²) in [5.74, 6) is -0.264. The molecule has 5 nitrogen and oxygen atoms in total. The summed E-state index contributed by atoms with van der Waals surface area (Å²) in [6.45, 7) is 3.02. The number of anilines is 1. The molecule has 2 aromatic heterocycles. The van der Waals surface area contributed by atoms with E-state index in [1.807, 2.05) is 43.7 Å². The lowest BCUT2D eigenvalue weighted by Crippen LogP contribution is -2.25. The minimum Gasteiger partial charge on any atom is -0.378 e. The van der Waals surface area contributed by atoms with Gasteiger partial charge in [0.05, 0.1) is 17.1 Å². The van der Waals surface area contributed by atoms with Gasteiger partial charge in [-0.3, -0.25) is 9.48 Å². The Bertz CT molecular complexity index is 1210. The van der Waals surface area contributed by atoms with Crippen LogP contribution in [0.4, 0.5) is 10.1 Å². The lowest BCUT2D eigenvalue weighted by Gasteiger charge is -2.17. The third-order valence-corrected chi connectivity index (χ3v) is 6.42. The first-order valence-electron chi connectivity index (χ1n) is 10.0. The van der Waals surface area contributed by atoms with Gasteiger partial charge in [-0.1, -0.05) is 24.3 Å². The van der Waals surface area contributed by atoms with Crippen molar-refractivity contribution >= 4 is 33.1 Å². The van der Waals surface area contributed by atoms with Crippen LogP contribution in [-0.4, -0.2) is 41.7 Å². The molecule has 0 aliphatic heterocycles. The number of aromatic nitrogens is 2. The van der Waals surface area contributed by atoms with Crippen molar-refractivity contribution in [3.05, 3.63) is 82.1 Å². The van der Waals surface area contributed by atoms with Gasteiger partial charge in [0.15, 0.2) is 0 Å². The molecule has 0 aliphatic rings. The molecule has 0 aliphatic carbocycles. The molecule has 0 saturated carbocycles. The van der Waals surface area contributed by atoms with E-state index in [1.54, 1.807) is 17.0 Å². The number of rotatable bonds is 6. The number of aryl methyl sites for hydroxylation is 1. The van der Waals surface area contributed by atoms with E-state index in [4.69, 9.17) is 0 Å². The summed E-state index contributed by atoms with van der Waals surface area (Å²) in [6.07, 6.45) is 0. The molecule has 4 rings (SSSR count). The van der Waals surface area contributed by atoms with E-state index in [1.165, 1.54) is 23.5 Å². The Hall–Kier alpha value is -3.19.